The first-order chi connectivity index (χ1) is 5.04. The van der Waals surface area contributed by atoms with Crippen molar-refractivity contribution < 1.29 is 14.4 Å². The predicted molar refractivity (Wildman–Crippen MR) is 41.0 cm³/mol. The molecule has 0 spiro atoms. The molecule has 0 aromatic rings. The van der Waals surface area contributed by atoms with Gasteiger partial charge in [0.15, 0.2) is 0 Å². The minimum atomic E-state index is -3.86. The zero-order chi connectivity index (χ0) is 8.11. The lowest BCUT2D eigenvalue weighted by molar-refractivity contribution is 0.337. The molecule has 0 heterocycles. The van der Waals surface area contributed by atoms with Gasteiger partial charge in [-0.05, 0) is 38.0 Å². The standard InChI is InChI=1S/C7H12O3P/c8-11(9,10)7-3-1-6(5-7)2-4-7/h3,6H,1-2,4-5H2,(H2,8,9,10). The quantitative estimate of drug-likeness (QED) is 0.591. The van der Waals surface area contributed by atoms with Crippen LogP contribution in [0.1, 0.15) is 25.7 Å². The van der Waals surface area contributed by atoms with Crippen LogP contribution < -0.4 is 0 Å². The first-order valence-electron chi connectivity index (χ1n) is 3.93. The Morgan fingerprint density at radius 1 is 1.55 bits per heavy atom. The summed E-state index contributed by atoms with van der Waals surface area (Å²) in [5, 5.41) is -0.711. The second kappa shape index (κ2) is 2.09. The molecule has 0 aromatic carbocycles. The molecule has 0 amide bonds. The fourth-order valence-electron chi connectivity index (χ4n) is 2.31. The van der Waals surface area contributed by atoms with Crippen LogP contribution in [0.5, 0.6) is 0 Å². The maximum atomic E-state index is 11.1. The van der Waals surface area contributed by atoms with Gasteiger partial charge in [-0.1, -0.05) is 0 Å². The van der Waals surface area contributed by atoms with Gasteiger partial charge in [0, 0.05) is 0 Å². The smallest absolute Gasteiger partial charge is 0.324 e. The van der Waals surface area contributed by atoms with Crippen LogP contribution in [0.2, 0.25) is 0 Å². The Kier molecular flexibility index (Phi) is 1.48. The normalized spacial score (nSPS) is 43.3. The van der Waals surface area contributed by atoms with Gasteiger partial charge < -0.3 is 9.79 Å². The van der Waals surface area contributed by atoms with Crippen LogP contribution in [0.25, 0.3) is 0 Å². The van der Waals surface area contributed by atoms with Gasteiger partial charge in [0.1, 0.15) is 0 Å². The van der Waals surface area contributed by atoms with Gasteiger partial charge >= 0.3 is 7.60 Å². The Balaban J connectivity index is 2.30. The van der Waals surface area contributed by atoms with Crippen LogP contribution in [-0.2, 0) is 4.57 Å². The molecule has 63 valence electrons. The van der Waals surface area contributed by atoms with E-state index in [1.165, 1.54) is 0 Å². The molecule has 0 aliphatic heterocycles. The van der Waals surface area contributed by atoms with E-state index in [2.05, 4.69) is 0 Å². The van der Waals surface area contributed by atoms with E-state index in [-0.39, 0.29) is 0 Å². The summed E-state index contributed by atoms with van der Waals surface area (Å²) in [6.45, 7) is 0. The Morgan fingerprint density at radius 2 is 2.27 bits per heavy atom. The highest BCUT2D eigenvalue weighted by molar-refractivity contribution is 7.53. The van der Waals surface area contributed by atoms with Gasteiger partial charge in [-0.2, -0.15) is 0 Å². The second-order valence-corrected chi connectivity index (χ2v) is 5.67. The highest BCUT2D eigenvalue weighted by atomic mass is 31.2. The molecule has 2 unspecified atom stereocenters. The monoisotopic (exact) mass is 175 g/mol. The van der Waals surface area contributed by atoms with Gasteiger partial charge in [-0.25, -0.2) is 0 Å². The summed E-state index contributed by atoms with van der Waals surface area (Å²) in [5.41, 5.74) is 0. The Hall–Kier alpha value is 0.150. The van der Waals surface area contributed by atoms with E-state index < -0.39 is 12.8 Å². The lowest BCUT2D eigenvalue weighted by atomic mass is 10.0. The van der Waals surface area contributed by atoms with E-state index in [9.17, 15) is 4.57 Å². The summed E-state index contributed by atoms with van der Waals surface area (Å²) in [4.78, 5) is 18.1. The van der Waals surface area contributed by atoms with Crippen molar-refractivity contribution in [1.29, 1.82) is 0 Å². The molecular formula is C7H12O3P. The Labute approximate surface area is 66.0 Å². The summed E-state index contributed by atoms with van der Waals surface area (Å²) in [5.74, 6) is 0.558. The third-order valence-electron chi connectivity index (χ3n) is 3.04. The van der Waals surface area contributed by atoms with Crippen LogP contribution >= 0.6 is 7.60 Å². The van der Waals surface area contributed by atoms with Crippen molar-refractivity contribution in [2.24, 2.45) is 5.92 Å². The molecule has 2 aliphatic rings. The molecule has 11 heavy (non-hydrogen) atoms. The minimum Gasteiger partial charge on any atom is -0.324 e. The van der Waals surface area contributed by atoms with Crippen LogP contribution in [0.4, 0.5) is 0 Å². The lowest BCUT2D eigenvalue weighted by Gasteiger charge is -2.26. The fraction of sp³-hybridized carbons (Fsp3) is 0.857. The van der Waals surface area contributed by atoms with Crippen molar-refractivity contribution in [3.8, 4) is 0 Å². The van der Waals surface area contributed by atoms with Crippen molar-refractivity contribution in [2.45, 2.75) is 30.8 Å². The molecule has 2 saturated carbocycles. The molecule has 2 aliphatic carbocycles. The van der Waals surface area contributed by atoms with Crippen LogP contribution in [0.15, 0.2) is 0 Å². The van der Waals surface area contributed by atoms with E-state index >= 15 is 0 Å². The molecule has 2 rings (SSSR count). The molecule has 2 fully saturated rings. The van der Waals surface area contributed by atoms with Gasteiger partial charge in [0.25, 0.3) is 0 Å². The van der Waals surface area contributed by atoms with E-state index in [0.717, 1.165) is 19.3 Å². The van der Waals surface area contributed by atoms with Crippen LogP contribution in [0, 0.1) is 12.3 Å². The van der Waals surface area contributed by atoms with Gasteiger partial charge in [0.05, 0.1) is 5.16 Å². The molecule has 2 bridgehead atoms. The molecule has 2 N–H and O–H groups in total. The first kappa shape index (κ1) is 7.78. The lowest BCUT2D eigenvalue weighted by Crippen LogP contribution is -2.22. The third kappa shape index (κ3) is 0.986. The average molecular weight is 175 g/mol. The fourth-order valence-corrected chi connectivity index (χ4v) is 3.57. The van der Waals surface area contributed by atoms with Crippen LogP contribution in [-0.4, -0.2) is 14.9 Å². The van der Waals surface area contributed by atoms with Crippen LogP contribution in [0.3, 0.4) is 0 Å². The molecular weight excluding hydrogens is 163 g/mol. The highest BCUT2D eigenvalue weighted by Crippen LogP contribution is 2.66. The summed E-state index contributed by atoms with van der Waals surface area (Å²) < 4.78 is 11.1. The largest absolute Gasteiger partial charge is 0.331 e. The topological polar surface area (TPSA) is 57.5 Å². The first-order valence-corrected chi connectivity index (χ1v) is 5.55. The maximum absolute atomic E-state index is 11.1. The van der Waals surface area contributed by atoms with Crippen molar-refractivity contribution in [2.75, 3.05) is 0 Å². The highest BCUT2D eigenvalue weighted by Gasteiger charge is 2.55. The predicted octanol–water partition coefficient (Wildman–Crippen LogP) is 1.31. The minimum absolute atomic E-state index is 0.558. The van der Waals surface area contributed by atoms with Crippen molar-refractivity contribution in [3.63, 3.8) is 0 Å². The molecule has 3 nitrogen and oxygen atoms in total. The van der Waals surface area contributed by atoms with Crippen molar-refractivity contribution >= 4 is 7.60 Å². The molecule has 0 aromatic heterocycles. The average Bonchev–Trinajstić information content (AvgIpc) is 2.42. The number of hydrogen-bond acceptors (Lipinski definition) is 1. The number of rotatable bonds is 1. The summed E-state index contributed by atoms with van der Waals surface area (Å²) in [6, 6.07) is 0. The molecule has 2 atom stereocenters. The van der Waals surface area contributed by atoms with Gasteiger partial charge in [0.2, 0.25) is 0 Å². The third-order valence-corrected chi connectivity index (χ3v) is 4.79. The van der Waals surface area contributed by atoms with Gasteiger partial charge in [-0.3, -0.25) is 4.57 Å². The summed E-state index contributed by atoms with van der Waals surface area (Å²) in [6.07, 6.45) is 5.17. The van der Waals surface area contributed by atoms with E-state index in [1.54, 1.807) is 0 Å². The Bertz CT molecular complexity index is 212. The van der Waals surface area contributed by atoms with E-state index in [1.807, 2.05) is 6.42 Å². The number of hydrogen-bond donors (Lipinski definition) is 2. The van der Waals surface area contributed by atoms with E-state index in [0.29, 0.717) is 12.3 Å². The zero-order valence-electron chi connectivity index (χ0n) is 6.23. The SMILES string of the molecule is O=P(O)(O)C12[CH]CC(CC1)C2. The summed E-state index contributed by atoms with van der Waals surface area (Å²) >= 11 is 0. The summed E-state index contributed by atoms with van der Waals surface area (Å²) in [7, 11) is -3.86. The van der Waals surface area contributed by atoms with Crippen molar-refractivity contribution in [1.82, 2.24) is 0 Å². The van der Waals surface area contributed by atoms with Crippen molar-refractivity contribution in [3.05, 3.63) is 6.42 Å². The zero-order valence-corrected chi connectivity index (χ0v) is 7.13. The maximum Gasteiger partial charge on any atom is 0.331 e. The molecule has 0 saturated heterocycles. The number of fused-ring (bicyclic) bond motifs is 2. The Morgan fingerprint density at radius 3 is 2.45 bits per heavy atom. The molecule has 1 radical (unpaired) electrons. The van der Waals surface area contributed by atoms with E-state index in [4.69, 9.17) is 9.79 Å². The second-order valence-electron chi connectivity index (χ2n) is 3.70. The van der Waals surface area contributed by atoms with Gasteiger partial charge in [-0.15, -0.1) is 0 Å². The molecule has 4 heteroatoms.